The number of aliphatic hydroxyl groups excluding tert-OH is 3. The summed E-state index contributed by atoms with van der Waals surface area (Å²) in [7, 11) is -2.52. The summed E-state index contributed by atoms with van der Waals surface area (Å²) in [5, 5.41) is 26.9. The molecule has 4 atom stereocenters. The molecular weight excluding hydrogens is 187 g/mol. The van der Waals surface area contributed by atoms with Crippen molar-refractivity contribution in [2.45, 2.75) is 18.1 Å². The summed E-state index contributed by atoms with van der Waals surface area (Å²) in [5.74, 6) is -1.57. The molecule has 6 nitrogen and oxygen atoms in total. The first-order valence-corrected chi connectivity index (χ1v) is 4.97. The molecule has 0 saturated carbocycles. The molecule has 3 N–H and O–H groups in total. The van der Waals surface area contributed by atoms with Gasteiger partial charge in [-0.15, -0.1) is 0 Å². The molecule has 0 bridgehead atoms. The normalized spacial score (nSPS) is 48.2. The van der Waals surface area contributed by atoms with Crippen LogP contribution < -0.4 is 0 Å². The van der Waals surface area contributed by atoms with E-state index in [1.54, 1.807) is 0 Å². The molecule has 0 aromatic carbocycles. The minimum atomic E-state index is -3.63. The van der Waals surface area contributed by atoms with Crippen LogP contribution in [0.4, 0.5) is 0 Å². The Balaban J connectivity index is 2.80. The Kier molecular flexibility index (Phi) is 2.88. The molecule has 1 heterocycles. The highest BCUT2D eigenvalue weighted by Crippen LogP contribution is 2.58. The molecule has 1 fully saturated rings. The van der Waals surface area contributed by atoms with Crippen molar-refractivity contribution in [2.24, 2.45) is 0 Å². The van der Waals surface area contributed by atoms with Crippen LogP contribution in [-0.2, 0) is 13.6 Å². The van der Waals surface area contributed by atoms with Crippen molar-refractivity contribution in [2.75, 3.05) is 13.7 Å². The van der Waals surface area contributed by atoms with Crippen molar-refractivity contribution in [3.05, 3.63) is 0 Å². The van der Waals surface area contributed by atoms with Gasteiger partial charge in [-0.25, -0.2) is 0 Å². The van der Waals surface area contributed by atoms with E-state index in [2.05, 4.69) is 9.05 Å². The molecule has 1 aliphatic heterocycles. The zero-order valence-electron chi connectivity index (χ0n) is 6.45. The van der Waals surface area contributed by atoms with Crippen molar-refractivity contribution in [1.82, 2.24) is 0 Å². The second-order valence-corrected chi connectivity index (χ2v) is 4.64. The predicted octanol–water partition coefficient (Wildman–Crippen LogP) is -1.10. The summed E-state index contributed by atoms with van der Waals surface area (Å²) in [5.41, 5.74) is 0. The molecule has 1 aliphatic rings. The third-order valence-electron chi connectivity index (χ3n) is 1.73. The molecule has 0 aromatic rings. The lowest BCUT2D eigenvalue weighted by Gasteiger charge is -2.11. The van der Waals surface area contributed by atoms with Crippen LogP contribution in [0.15, 0.2) is 0 Å². The fourth-order valence-electron chi connectivity index (χ4n) is 0.985. The minimum absolute atomic E-state index is 0.508. The van der Waals surface area contributed by atoms with Crippen molar-refractivity contribution < 1.29 is 28.9 Å². The second-order valence-electron chi connectivity index (χ2n) is 2.45. The fourth-order valence-corrected chi connectivity index (χ4v) is 2.55. The van der Waals surface area contributed by atoms with Gasteiger partial charge in [0.1, 0.15) is 12.2 Å². The third-order valence-corrected chi connectivity index (χ3v) is 3.75. The Bertz CT molecular complexity index is 206. The van der Waals surface area contributed by atoms with E-state index in [0.29, 0.717) is 0 Å². The van der Waals surface area contributed by atoms with Crippen LogP contribution >= 0.6 is 7.60 Å². The third kappa shape index (κ3) is 1.42. The van der Waals surface area contributed by atoms with E-state index >= 15 is 0 Å². The SMILES string of the molecule is CO[P@]1(=O)O[C@H](CO)[C@@H](O)[C@H]1O. The van der Waals surface area contributed by atoms with Crippen molar-refractivity contribution in [1.29, 1.82) is 0 Å². The first-order chi connectivity index (χ1) is 5.55. The maximum atomic E-state index is 11.3. The van der Waals surface area contributed by atoms with Gasteiger partial charge >= 0.3 is 7.60 Å². The molecule has 0 amide bonds. The Morgan fingerprint density at radius 1 is 1.58 bits per heavy atom. The predicted molar refractivity (Wildman–Crippen MR) is 38.6 cm³/mol. The largest absolute Gasteiger partial charge is 0.394 e. The summed E-state index contributed by atoms with van der Waals surface area (Å²) in [6.07, 6.45) is -2.40. The Hall–Kier alpha value is 0.0300. The van der Waals surface area contributed by atoms with Crippen molar-refractivity contribution in [3.63, 3.8) is 0 Å². The summed E-state index contributed by atoms with van der Waals surface area (Å²) >= 11 is 0. The highest BCUT2D eigenvalue weighted by molar-refractivity contribution is 7.54. The van der Waals surface area contributed by atoms with Crippen LogP contribution in [0.3, 0.4) is 0 Å². The molecule has 12 heavy (non-hydrogen) atoms. The summed E-state index contributed by atoms with van der Waals surface area (Å²) in [6.45, 7) is -0.508. The standard InChI is InChI=1S/C5H11O6P/c1-10-12(9)5(8)4(7)3(2-6)11-12/h3-8H,2H2,1H3/t3-,4-,5+,12+/m1/s1. The van der Waals surface area contributed by atoms with Gasteiger partial charge in [-0.2, -0.15) is 0 Å². The van der Waals surface area contributed by atoms with Crippen LogP contribution in [0.1, 0.15) is 0 Å². The van der Waals surface area contributed by atoms with Crippen LogP contribution in [0.2, 0.25) is 0 Å². The van der Waals surface area contributed by atoms with Crippen molar-refractivity contribution >= 4 is 7.60 Å². The van der Waals surface area contributed by atoms with Gasteiger partial charge in [-0.1, -0.05) is 0 Å². The first-order valence-electron chi connectivity index (χ1n) is 3.36. The van der Waals surface area contributed by atoms with Gasteiger partial charge in [-0.05, 0) is 0 Å². The minimum Gasteiger partial charge on any atom is -0.394 e. The van der Waals surface area contributed by atoms with Crippen LogP contribution in [0.25, 0.3) is 0 Å². The van der Waals surface area contributed by atoms with Crippen LogP contribution in [0, 0.1) is 0 Å². The first kappa shape index (κ1) is 10.1. The fraction of sp³-hybridized carbons (Fsp3) is 1.00. The molecule has 0 spiro atoms. The Morgan fingerprint density at radius 3 is 2.42 bits per heavy atom. The number of aliphatic hydroxyl groups is 3. The van der Waals surface area contributed by atoms with Crippen molar-refractivity contribution in [3.8, 4) is 0 Å². The number of hydrogen-bond acceptors (Lipinski definition) is 6. The molecule has 1 saturated heterocycles. The summed E-state index contributed by atoms with van der Waals surface area (Å²) in [6, 6.07) is 0. The van der Waals surface area contributed by atoms with E-state index in [9.17, 15) is 4.57 Å². The van der Waals surface area contributed by atoms with E-state index in [0.717, 1.165) is 7.11 Å². The number of rotatable bonds is 2. The van der Waals surface area contributed by atoms with Gasteiger partial charge in [0.15, 0.2) is 5.85 Å². The smallest absolute Gasteiger partial charge is 0.361 e. The summed E-state index contributed by atoms with van der Waals surface area (Å²) < 4.78 is 20.4. The van der Waals surface area contributed by atoms with E-state index in [1.807, 2.05) is 0 Å². The van der Waals surface area contributed by atoms with E-state index in [1.165, 1.54) is 0 Å². The lowest BCUT2D eigenvalue weighted by molar-refractivity contribution is -0.00131. The zero-order valence-corrected chi connectivity index (χ0v) is 7.35. The lowest BCUT2D eigenvalue weighted by atomic mass is 10.2. The Morgan fingerprint density at radius 2 is 2.17 bits per heavy atom. The highest BCUT2D eigenvalue weighted by Gasteiger charge is 2.51. The van der Waals surface area contributed by atoms with Gasteiger partial charge in [-0.3, -0.25) is 9.09 Å². The topological polar surface area (TPSA) is 96.2 Å². The van der Waals surface area contributed by atoms with E-state index in [-0.39, 0.29) is 0 Å². The van der Waals surface area contributed by atoms with Gasteiger partial charge in [0, 0.05) is 7.11 Å². The average Bonchev–Trinajstić information content (AvgIpc) is 2.31. The maximum Gasteiger partial charge on any atom is 0.361 e. The molecule has 0 aliphatic carbocycles. The monoisotopic (exact) mass is 198 g/mol. The van der Waals surface area contributed by atoms with Crippen LogP contribution in [-0.4, -0.2) is 47.1 Å². The van der Waals surface area contributed by atoms with E-state index < -0.39 is 32.3 Å². The molecule has 7 heteroatoms. The van der Waals surface area contributed by atoms with Gasteiger partial charge in [0.25, 0.3) is 0 Å². The molecular formula is C5H11O6P. The molecule has 0 unspecified atom stereocenters. The molecule has 1 rings (SSSR count). The average molecular weight is 198 g/mol. The summed E-state index contributed by atoms with van der Waals surface area (Å²) in [4.78, 5) is 0. The van der Waals surface area contributed by atoms with Gasteiger partial charge in [0.05, 0.1) is 6.61 Å². The number of hydrogen-bond donors (Lipinski definition) is 3. The molecule has 0 radical (unpaired) electrons. The van der Waals surface area contributed by atoms with Gasteiger partial charge in [0.2, 0.25) is 0 Å². The van der Waals surface area contributed by atoms with Crippen LogP contribution in [0.5, 0.6) is 0 Å². The highest BCUT2D eigenvalue weighted by atomic mass is 31.2. The van der Waals surface area contributed by atoms with Gasteiger partial charge < -0.3 is 19.8 Å². The quantitative estimate of drug-likeness (QED) is 0.487. The maximum absolute atomic E-state index is 11.3. The van der Waals surface area contributed by atoms with E-state index in [4.69, 9.17) is 15.3 Å². The Labute approximate surface area is 69.3 Å². The zero-order chi connectivity index (χ0) is 9.35. The molecule has 72 valence electrons. The second kappa shape index (κ2) is 3.41. The lowest BCUT2D eigenvalue weighted by Crippen LogP contribution is -2.31. The molecule has 0 aromatic heterocycles.